The van der Waals surface area contributed by atoms with E-state index in [4.69, 9.17) is 18.0 Å². The van der Waals surface area contributed by atoms with E-state index in [1.54, 1.807) is 0 Å². The van der Waals surface area contributed by atoms with Gasteiger partial charge in [0.15, 0.2) is 0 Å². The molecule has 0 saturated heterocycles. The van der Waals surface area contributed by atoms with Crippen LogP contribution < -0.4 is 10.6 Å². The van der Waals surface area contributed by atoms with E-state index in [0.717, 1.165) is 15.7 Å². The van der Waals surface area contributed by atoms with E-state index >= 15 is 0 Å². The van der Waals surface area contributed by atoms with E-state index in [2.05, 4.69) is 61.6 Å². The van der Waals surface area contributed by atoms with Gasteiger partial charge in [0, 0.05) is 28.8 Å². The highest BCUT2D eigenvalue weighted by Crippen LogP contribution is 2.32. The predicted octanol–water partition coefficient (Wildman–Crippen LogP) is 3.95. The summed E-state index contributed by atoms with van der Waals surface area (Å²) in [6.45, 7) is 8.90. The lowest BCUT2D eigenvalue weighted by molar-refractivity contribution is 0.329. The summed E-state index contributed by atoms with van der Waals surface area (Å²) in [5, 5.41) is 0. The second kappa shape index (κ2) is 5.57. The summed E-state index contributed by atoms with van der Waals surface area (Å²) in [4.78, 5) is 2.66. The zero-order chi connectivity index (χ0) is 14.1. The van der Waals surface area contributed by atoms with Gasteiger partial charge in [-0.25, -0.2) is 0 Å². The molecule has 0 aliphatic carbocycles. The average molecular weight is 329 g/mol. The molecule has 2 N–H and O–H groups in total. The first-order valence-corrected chi connectivity index (χ1v) is 7.17. The van der Waals surface area contributed by atoms with Crippen molar-refractivity contribution in [3.63, 3.8) is 0 Å². The number of halogens is 1. The van der Waals surface area contributed by atoms with Crippen LogP contribution in [0.15, 0.2) is 22.7 Å². The zero-order valence-electron chi connectivity index (χ0n) is 11.6. The molecule has 1 rings (SSSR count). The maximum Gasteiger partial charge on any atom is 0.107 e. The molecule has 1 aromatic carbocycles. The summed E-state index contributed by atoms with van der Waals surface area (Å²) in [5.41, 5.74) is 8.00. The van der Waals surface area contributed by atoms with E-state index < -0.39 is 0 Å². The predicted molar refractivity (Wildman–Crippen MR) is 87.3 cm³/mol. The minimum atomic E-state index is 0.185. The number of benzene rings is 1. The average Bonchev–Trinajstić information content (AvgIpc) is 2.24. The molecular weight excluding hydrogens is 308 g/mol. The van der Waals surface area contributed by atoms with Gasteiger partial charge in [0.25, 0.3) is 0 Å². The molecule has 18 heavy (non-hydrogen) atoms. The number of nitrogens with two attached hydrogens (primary N) is 1. The van der Waals surface area contributed by atoms with Crippen LogP contribution in [0.3, 0.4) is 0 Å². The Kier molecular flexibility index (Phi) is 4.78. The van der Waals surface area contributed by atoms with E-state index in [0.29, 0.717) is 11.0 Å². The SMILES string of the molecule is CC(N(C)c1cccc(Br)c1C(N)=S)C(C)(C)C. The van der Waals surface area contributed by atoms with Crippen LogP contribution in [0.2, 0.25) is 0 Å². The number of anilines is 1. The molecule has 0 aromatic heterocycles. The van der Waals surface area contributed by atoms with Crippen molar-refractivity contribution in [1.82, 2.24) is 0 Å². The van der Waals surface area contributed by atoms with Crippen molar-refractivity contribution in [3.8, 4) is 0 Å². The lowest BCUT2D eigenvalue weighted by Crippen LogP contribution is -2.40. The van der Waals surface area contributed by atoms with Gasteiger partial charge in [0.1, 0.15) is 4.99 Å². The molecule has 100 valence electrons. The highest BCUT2D eigenvalue weighted by atomic mass is 79.9. The first-order chi connectivity index (χ1) is 8.16. The van der Waals surface area contributed by atoms with Crippen molar-refractivity contribution in [3.05, 3.63) is 28.2 Å². The fraction of sp³-hybridized carbons (Fsp3) is 0.500. The quantitative estimate of drug-likeness (QED) is 0.852. The van der Waals surface area contributed by atoms with Gasteiger partial charge in [-0.3, -0.25) is 0 Å². The molecule has 0 aliphatic rings. The van der Waals surface area contributed by atoms with Gasteiger partial charge in [-0.15, -0.1) is 0 Å². The molecule has 0 heterocycles. The van der Waals surface area contributed by atoms with Crippen molar-refractivity contribution in [1.29, 1.82) is 0 Å². The van der Waals surface area contributed by atoms with Gasteiger partial charge in [-0.05, 0) is 40.4 Å². The second-order valence-corrected chi connectivity index (χ2v) is 6.95. The maximum atomic E-state index is 5.84. The molecule has 0 aliphatic heterocycles. The fourth-order valence-electron chi connectivity index (χ4n) is 1.84. The van der Waals surface area contributed by atoms with Gasteiger partial charge in [-0.2, -0.15) is 0 Å². The summed E-state index contributed by atoms with van der Waals surface area (Å²) < 4.78 is 0.945. The summed E-state index contributed by atoms with van der Waals surface area (Å²) in [5.74, 6) is 0. The largest absolute Gasteiger partial charge is 0.389 e. The molecule has 0 saturated carbocycles. The molecule has 1 unspecified atom stereocenters. The normalized spacial score (nSPS) is 13.2. The fourth-order valence-corrected chi connectivity index (χ4v) is 2.76. The van der Waals surface area contributed by atoms with Crippen LogP contribution in [-0.4, -0.2) is 18.1 Å². The number of hydrogen-bond acceptors (Lipinski definition) is 2. The molecule has 2 nitrogen and oxygen atoms in total. The number of thiocarbonyl (C=S) groups is 1. The highest BCUT2D eigenvalue weighted by Gasteiger charge is 2.26. The maximum absolute atomic E-state index is 5.84. The number of rotatable bonds is 3. The van der Waals surface area contributed by atoms with Crippen LogP contribution >= 0.6 is 28.1 Å². The molecule has 4 heteroatoms. The Hall–Kier alpha value is -0.610. The van der Waals surface area contributed by atoms with Crippen molar-refractivity contribution >= 4 is 38.8 Å². The molecule has 0 spiro atoms. The Morgan fingerprint density at radius 3 is 2.39 bits per heavy atom. The summed E-state index contributed by atoms with van der Waals surface area (Å²) in [6, 6.07) is 6.40. The smallest absolute Gasteiger partial charge is 0.107 e. The second-order valence-electron chi connectivity index (χ2n) is 5.65. The third-order valence-corrected chi connectivity index (χ3v) is 4.32. The number of nitrogens with zero attached hydrogens (tertiary/aromatic N) is 1. The lowest BCUT2D eigenvalue weighted by atomic mass is 9.86. The molecule has 0 amide bonds. The van der Waals surface area contributed by atoms with E-state index in [9.17, 15) is 0 Å². The Morgan fingerprint density at radius 2 is 1.94 bits per heavy atom. The Bertz CT molecular complexity index is 452. The van der Waals surface area contributed by atoms with Gasteiger partial charge in [0.2, 0.25) is 0 Å². The first-order valence-electron chi connectivity index (χ1n) is 5.97. The van der Waals surface area contributed by atoms with Gasteiger partial charge in [0.05, 0.1) is 0 Å². The Balaban J connectivity index is 3.26. The van der Waals surface area contributed by atoms with Gasteiger partial charge >= 0.3 is 0 Å². The molecule has 0 radical (unpaired) electrons. The monoisotopic (exact) mass is 328 g/mol. The standard InChI is InChI=1S/C14H21BrN2S/c1-9(14(2,3)4)17(5)11-8-6-7-10(15)12(11)13(16)18/h6-9H,1-5H3,(H2,16,18). The van der Waals surface area contributed by atoms with Crippen LogP contribution in [0.4, 0.5) is 5.69 Å². The van der Waals surface area contributed by atoms with E-state index in [-0.39, 0.29) is 5.41 Å². The van der Waals surface area contributed by atoms with Crippen LogP contribution in [0, 0.1) is 5.41 Å². The molecule has 1 atom stereocenters. The topological polar surface area (TPSA) is 29.3 Å². The summed E-state index contributed by atoms with van der Waals surface area (Å²) in [7, 11) is 2.08. The van der Waals surface area contributed by atoms with Crippen LogP contribution in [0.25, 0.3) is 0 Å². The Labute approximate surface area is 124 Å². The van der Waals surface area contributed by atoms with Crippen molar-refractivity contribution < 1.29 is 0 Å². The molecular formula is C14H21BrN2S. The van der Waals surface area contributed by atoms with Gasteiger partial charge in [-0.1, -0.05) is 39.1 Å². The van der Waals surface area contributed by atoms with Crippen molar-refractivity contribution in [2.24, 2.45) is 11.1 Å². The highest BCUT2D eigenvalue weighted by molar-refractivity contribution is 9.10. The van der Waals surface area contributed by atoms with Crippen molar-refractivity contribution in [2.75, 3.05) is 11.9 Å². The molecule has 1 aromatic rings. The summed E-state index contributed by atoms with van der Waals surface area (Å²) in [6.07, 6.45) is 0. The first kappa shape index (κ1) is 15.4. The molecule has 0 fully saturated rings. The third kappa shape index (κ3) is 3.23. The van der Waals surface area contributed by atoms with Crippen LogP contribution in [-0.2, 0) is 0 Å². The Morgan fingerprint density at radius 1 is 1.39 bits per heavy atom. The van der Waals surface area contributed by atoms with E-state index in [1.165, 1.54) is 0 Å². The third-order valence-electron chi connectivity index (χ3n) is 3.45. The minimum absolute atomic E-state index is 0.185. The zero-order valence-corrected chi connectivity index (χ0v) is 14.0. The molecule has 0 bridgehead atoms. The van der Waals surface area contributed by atoms with Crippen molar-refractivity contribution in [2.45, 2.75) is 33.7 Å². The van der Waals surface area contributed by atoms with Crippen LogP contribution in [0.5, 0.6) is 0 Å². The van der Waals surface area contributed by atoms with E-state index in [1.807, 2.05) is 12.1 Å². The van der Waals surface area contributed by atoms with Crippen LogP contribution in [0.1, 0.15) is 33.3 Å². The van der Waals surface area contributed by atoms with Gasteiger partial charge < -0.3 is 10.6 Å². The number of hydrogen-bond donors (Lipinski definition) is 1. The minimum Gasteiger partial charge on any atom is -0.389 e. The summed E-state index contributed by atoms with van der Waals surface area (Å²) >= 11 is 8.68. The lowest BCUT2D eigenvalue weighted by Gasteiger charge is -2.37.